The molecule has 0 spiro atoms. The molecular weight excluding hydrogens is 372 g/mol. The van der Waals surface area contributed by atoms with Crippen LogP contribution in [0.1, 0.15) is 25.3 Å². The molecule has 0 radical (unpaired) electrons. The van der Waals surface area contributed by atoms with Crippen LogP contribution >= 0.6 is 23.5 Å². The molecule has 0 saturated carbocycles. The number of unbranched alkanes of at least 4 members (excludes halogenated alkanes) is 1. The van der Waals surface area contributed by atoms with Gasteiger partial charge in [0.1, 0.15) is 6.54 Å². The van der Waals surface area contributed by atoms with Crippen LogP contribution in [0, 0.1) is 0 Å². The molecule has 0 amide bonds. The lowest BCUT2D eigenvalue weighted by Gasteiger charge is -2.30. The van der Waals surface area contributed by atoms with Gasteiger partial charge in [0.2, 0.25) is 0 Å². The van der Waals surface area contributed by atoms with Gasteiger partial charge in [0.05, 0.1) is 24.8 Å². The summed E-state index contributed by atoms with van der Waals surface area (Å²) in [5.74, 6) is -0.162. The van der Waals surface area contributed by atoms with E-state index in [1.807, 2.05) is 24.3 Å². The molecule has 0 bridgehead atoms. The van der Waals surface area contributed by atoms with Crippen molar-refractivity contribution in [2.75, 3.05) is 46.0 Å². The Morgan fingerprint density at radius 3 is 2.69 bits per heavy atom. The van der Waals surface area contributed by atoms with Crippen LogP contribution in [0.2, 0.25) is 5.02 Å². The van der Waals surface area contributed by atoms with Gasteiger partial charge in [0, 0.05) is 30.2 Å². The molecule has 1 saturated heterocycles. The summed E-state index contributed by atoms with van der Waals surface area (Å²) in [5.41, 5.74) is 2.38. The van der Waals surface area contributed by atoms with Gasteiger partial charge in [0.25, 0.3) is 0 Å². The third kappa shape index (κ3) is 5.16. The molecule has 0 atom stereocenters. The quantitative estimate of drug-likeness (QED) is 0.398. The van der Waals surface area contributed by atoms with E-state index in [9.17, 15) is 4.79 Å². The van der Waals surface area contributed by atoms with Crippen LogP contribution in [-0.2, 0) is 14.3 Å². The van der Waals surface area contributed by atoms with E-state index in [1.165, 1.54) is 10.6 Å². The van der Waals surface area contributed by atoms with Crippen molar-refractivity contribution in [2.24, 2.45) is 0 Å². The molecule has 1 aromatic carbocycles. The van der Waals surface area contributed by atoms with E-state index >= 15 is 0 Å². The number of benzene rings is 1. The lowest BCUT2D eigenvalue weighted by molar-refractivity contribution is -0.143. The predicted molar refractivity (Wildman–Crippen MR) is 106 cm³/mol. The molecule has 1 aromatic rings. The van der Waals surface area contributed by atoms with Crippen LogP contribution in [0.3, 0.4) is 0 Å². The number of nitrogens with zero attached hydrogens (tertiary/aromatic N) is 2. The highest BCUT2D eigenvalue weighted by Gasteiger charge is 2.30. The van der Waals surface area contributed by atoms with Gasteiger partial charge in [-0.25, -0.2) is 4.31 Å². The molecule has 0 aromatic heterocycles. The van der Waals surface area contributed by atoms with Crippen LogP contribution in [-0.4, -0.2) is 61.2 Å². The van der Waals surface area contributed by atoms with E-state index in [0.717, 1.165) is 49.7 Å². The second kappa shape index (κ2) is 9.65. The number of ether oxygens (including phenoxy) is 2. The molecule has 26 heavy (non-hydrogen) atoms. The summed E-state index contributed by atoms with van der Waals surface area (Å²) >= 11 is 7.68. The third-order valence-corrected chi connectivity index (χ3v) is 5.81. The average molecular weight is 397 g/mol. The first kappa shape index (κ1) is 19.5. The number of esters is 1. The van der Waals surface area contributed by atoms with Crippen molar-refractivity contribution in [1.29, 1.82) is 0 Å². The van der Waals surface area contributed by atoms with E-state index in [0.29, 0.717) is 19.7 Å². The molecule has 7 heteroatoms. The van der Waals surface area contributed by atoms with E-state index < -0.39 is 0 Å². The van der Waals surface area contributed by atoms with Crippen molar-refractivity contribution < 1.29 is 14.3 Å². The number of morpholine rings is 1. The first-order valence-corrected chi connectivity index (χ1v) is 10.2. The van der Waals surface area contributed by atoms with Gasteiger partial charge in [-0.1, -0.05) is 37.1 Å². The summed E-state index contributed by atoms with van der Waals surface area (Å²) in [7, 11) is 0. The maximum atomic E-state index is 12.1. The van der Waals surface area contributed by atoms with Gasteiger partial charge < -0.3 is 14.4 Å². The number of rotatable bonds is 7. The Hall–Kier alpha value is -1.21. The highest BCUT2D eigenvalue weighted by Crippen LogP contribution is 2.40. The first-order chi connectivity index (χ1) is 12.7. The number of carbonyl (C=O) groups is 1. The molecule has 2 aliphatic heterocycles. The fourth-order valence-electron chi connectivity index (χ4n) is 2.94. The van der Waals surface area contributed by atoms with Crippen molar-refractivity contribution in [2.45, 2.75) is 19.8 Å². The summed E-state index contributed by atoms with van der Waals surface area (Å²) in [5, 5.41) is 1.93. The van der Waals surface area contributed by atoms with Crippen LogP contribution < -0.4 is 0 Å². The van der Waals surface area contributed by atoms with Gasteiger partial charge >= 0.3 is 5.97 Å². The van der Waals surface area contributed by atoms with Crippen molar-refractivity contribution in [3.05, 3.63) is 39.9 Å². The average Bonchev–Trinajstić information content (AvgIpc) is 3.07. The highest BCUT2D eigenvalue weighted by atomic mass is 35.5. The second-order valence-corrected chi connectivity index (χ2v) is 7.88. The monoisotopic (exact) mass is 396 g/mol. The Labute approximate surface area is 164 Å². The van der Waals surface area contributed by atoms with Crippen molar-refractivity contribution in [1.82, 2.24) is 9.21 Å². The summed E-state index contributed by atoms with van der Waals surface area (Å²) < 4.78 is 12.9. The molecule has 0 unspecified atom stereocenters. The zero-order valence-electron chi connectivity index (χ0n) is 15.1. The summed E-state index contributed by atoms with van der Waals surface area (Å²) in [6.07, 6.45) is 1.93. The molecule has 3 rings (SSSR count). The molecule has 0 aliphatic carbocycles. The molecule has 142 valence electrons. The van der Waals surface area contributed by atoms with Crippen LogP contribution in [0.5, 0.6) is 0 Å². The molecule has 0 N–H and O–H groups in total. The van der Waals surface area contributed by atoms with E-state index in [-0.39, 0.29) is 5.97 Å². The Morgan fingerprint density at radius 2 is 2.00 bits per heavy atom. The molecule has 2 aliphatic rings. The summed E-state index contributed by atoms with van der Waals surface area (Å²) in [6.45, 7) is 6.79. The van der Waals surface area contributed by atoms with Crippen molar-refractivity contribution >= 4 is 35.1 Å². The van der Waals surface area contributed by atoms with Gasteiger partial charge in [-0.05, 0) is 36.1 Å². The highest BCUT2D eigenvalue weighted by molar-refractivity contribution is 8.01. The normalized spacial score (nSPS) is 18.5. The Morgan fingerprint density at radius 1 is 1.27 bits per heavy atom. The zero-order chi connectivity index (χ0) is 18.4. The largest absolute Gasteiger partial charge is 0.465 e. The van der Waals surface area contributed by atoms with E-state index in [4.69, 9.17) is 21.1 Å². The Bertz CT molecular complexity index is 645. The van der Waals surface area contributed by atoms with Crippen molar-refractivity contribution in [3.8, 4) is 0 Å². The Kier molecular flexibility index (Phi) is 7.25. The molecule has 2 heterocycles. The number of hydrogen-bond acceptors (Lipinski definition) is 6. The zero-order valence-corrected chi connectivity index (χ0v) is 16.7. The van der Waals surface area contributed by atoms with Crippen LogP contribution in [0.25, 0.3) is 5.57 Å². The minimum atomic E-state index is -0.162. The fraction of sp³-hybridized carbons (Fsp3) is 0.526. The van der Waals surface area contributed by atoms with Crippen LogP contribution in [0.4, 0.5) is 0 Å². The Balaban J connectivity index is 1.70. The number of hydrogen-bond donors (Lipinski definition) is 0. The summed E-state index contributed by atoms with van der Waals surface area (Å²) in [4.78, 5) is 14.4. The van der Waals surface area contributed by atoms with Gasteiger partial charge in [-0.3, -0.25) is 4.79 Å². The van der Waals surface area contributed by atoms with Gasteiger partial charge in [-0.2, -0.15) is 0 Å². The van der Waals surface area contributed by atoms with Gasteiger partial charge in [0.15, 0.2) is 0 Å². The number of halogens is 1. The van der Waals surface area contributed by atoms with Crippen molar-refractivity contribution in [3.63, 3.8) is 0 Å². The molecule has 1 fully saturated rings. The van der Waals surface area contributed by atoms with Gasteiger partial charge in [-0.15, -0.1) is 0 Å². The molecular formula is C19H25ClN2O3S. The maximum absolute atomic E-state index is 12.1. The predicted octanol–water partition coefficient (Wildman–Crippen LogP) is 3.65. The maximum Gasteiger partial charge on any atom is 0.321 e. The SMILES string of the molecule is CCCCOC(=O)CN1CC(c2ccc(Cl)cc2)=C(N2CCOCC2)S1. The lowest BCUT2D eigenvalue weighted by Crippen LogP contribution is -2.35. The summed E-state index contributed by atoms with van der Waals surface area (Å²) in [6, 6.07) is 7.91. The smallest absolute Gasteiger partial charge is 0.321 e. The second-order valence-electron chi connectivity index (χ2n) is 6.35. The number of carbonyl (C=O) groups excluding carboxylic acids is 1. The fourth-order valence-corrected chi connectivity index (χ4v) is 4.27. The lowest BCUT2D eigenvalue weighted by atomic mass is 10.1. The standard InChI is InChI=1S/C19H25ClN2O3S/c1-2-3-10-25-18(23)14-22-13-17(15-4-6-16(20)7-5-15)19(26-22)21-8-11-24-12-9-21/h4-7H,2-3,8-14H2,1H3. The minimum absolute atomic E-state index is 0.162. The third-order valence-electron chi connectivity index (χ3n) is 4.37. The van der Waals surface area contributed by atoms with Crippen LogP contribution in [0.15, 0.2) is 29.3 Å². The topological polar surface area (TPSA) is 42.0 Å². The minimum Gasteiger partial charge on any atom is -0.465 e. The first-order valence-electron chi connectivity index (χ1n) is 9.07. The van der Waals surface area contributed by atoms with E-state index in [1.54, 1.807) is 11.9 Å². The van der Waals surface area contributed by atoms with E-state index in [2.05, 4.69) is 16.1 Å². The molecule has 5 nitrogen and oxygen atoms in total.